The van der Waals surface area contributed by atoms with Crippen molar-refractivity contribution in [2.24, 2.45) is 0 Å². The van der Waals surface area contributed by atoms with Gasteiger partial charge in [-0.25, -0.2) is 9.18 Å². The first-order chi connectivity index (χ1) is 6.97. The van der Waals surface area contributed by atoms with E-state index in [0.717, 1.165) is 12.1 Å². The molecule has 0 aliphatic rings. The average Bonchev–Trinajstić information content (AvgIpc) is 1.98. The van der Waals surface area contributed by atoms with Gasteiger partial charge in [-0.3, -0.25) is 5.32 Å². The molecule has 82 valence electrons. The second-order valence-corrected chi connectivity index (χ2v) is 3.67. The van der Waals surface area contributed by atoms with Gasteiger partial charge in [0.05, 0.1) is 6.10 Å². The Morgan fingerprint density at radius 1 is 1.47 bits per heavy atom. The molecule has 1 N–H and O–H groups in total. The van der Waals surface area contributed by atoms with Crippen molar-refractivity contribution in [2.75, 3.05) is 5.32 Å². The Hall–Kier alpha value is -1.29. The summed E-state index contributed by atoms with van der Waals surface area (Å²) in [6.45, 7) is 3.44. The SMILES string of the molecule is CC(C)OC(=O)Nc1cc(F)cc(Cl)c1. The van der Waals surface area contributed by atoms with Crippen molar-refractivity contribution in [1.29, 1.82) is 0 Å². The number of carbonyl (C=O) groups excluding carboxylic acids is 1. The quantitative estimate of drug-likeness (QED) is 0.847. The third kappa shape index (κ3) is 4.16. The number of ether oxygens (including phenoxy) is 1. The second-order valence-electron chi connectivity index (χ2n) is 3.24. The molecule has 5 heteroatoms. The molecule has 0 saturated heterocycles. The number of halogens is 2. The van der Waals surface area contributed by atoms with Gasteiger partial charge in [0.25, 0.3) is 0 Å². The summed E-state index contributed by atoms with van der Waals surface area (Å²) in [7, 11) is 0. The molecule has 0 heterocycles. The predicted molar refractivity (Wildman–Crippen MR) is 56.6 cm³/mol. The molecule has 0 unspecified atom stereocenters. The maximum atomic E-state index is 12.9. The van der Waals surface area contributed by atoms with Gasteiger partial charge in [0.2, 0.25) is 0 Å². The van der Waals surface area contributed by atoms with Gasteiger partial charge in [-0.2, -0.15) is 0 Å². The minimum atomic E-state index is -0.633. The van der Waals surface area contributed by atoms with E-state index >= 15 is 0 Å². The molecule has 0 fully saturated rings. The van der Waals surface area contributed by atoms with E-state index in [-0.39, 0.29) is 16.8 Å². The molecular weight excluding hydrogens is 221 g/mol. The van der Waals surface area contributed by atoms with Crippen molar-refractivity contribution in [3.05, 3.63) is 29.0 Å². The van der Waals surface area contributed by atoms with Gasteiger partial charge in [0, 0.05) is 10.7 Å². The van der Waals surface area contributed by atoms with Crippen LogP contribution >= 0.6 is 11.6 Å². The van der Waals surface area contributed by atoms with Crippen LogP contribution in [0.5, 0.6) is 0 Å². The van der Waals surface area contributed by atoms with Gasteiger partial charge in [-0.15, -0.1) is 0 Å². The molecule has 0 aliphatic carbocycles. The summed E-state index contributed by atoms with van der Waals surface area (Å²) >= 11 is 5.61. The highest BCUT2D eigenvalue weighted by Crippen LogP contribution is 2.18. The maximum Gasteiger partial charge on any atom is 0.411 e. The van der Waals surface area contributed by atoms with E-state index in [2.05, 4.69) is 5.32 Å². The van der Waals surface area contributed by atoms with E-state index in [4.69, 9.17) is 16.3 Å². The summed E-state index contributed by atoms with van der Waals surface area (Å²) in [5.41, 5.74) is 0.269. The molecule has 0 bridgehead atoms. The van der Waals surface area contributed by atoms with Crippen molar-refractivity contribution in [3.63, 3.8) is 0 Å². The monoisotopic (exact) mass is 231 g/mol. The number of hydrogen-bond donors (Lipinski definition) is 1. The Balaban J connectivity index is 2.68. The summed E-state index contributed by atoms with van der Waals surface area (Å²) in [5, 5.41) is 2.59. The maximum absolute atomic E-state index is 12.9. The van der Waals surface area contributed by atoms with E-state index in [9.17, 15) is 9.18 Å². The number of nitrogens with one attached hydrogen (secondary N) is 1. The molecule has 1 aromatic rings. The first-order valence-electron chi connectivity index (χ1n) is 4.41. The zero-order valence-electron chi connectivity index (χ0n) is 8.38. The second kappa shape index (κ2) is 4.98. The van der Waals surface area contributed by atoms with Crippen LogP contribution in [0.15, 0.2) is 18.2 Å². The molecular formula is C10H11ClFNO2. The van der Waals surface area contributed by atoms with Crippen LogP contribution in [0.1, 0.15) is 13.8 Å². The average molecular weight is 232 g/mol. The Kier molecular flexibility index (Phi) is 3.91. The smallest absolute Gasteiger partial charge is 0.411 e. The number of amides is 1. The lowest BCUT2D eigenvalue weighted by molar-refractivity contribution is 0.130. The molecule has 0 saturated carbocycles. The van der Waals surface area contributed by atoms with E-state index in [1.165, 1.54) is 6.07 Å². The third-order valence-electron chi connectivity index (χ3n) is 1.45. The van der Waals surface area contributed by atoms with Crippen molar-refractivity contribution in [1.82, 2.24) is 0 Å². The zero-order valence-corrected chi connectivity index (χ0v) is 9.14. The molecule has 0 spiro atoms. The highest BCUT2D eigenvalue weighted by molar-refractivity contribution is 6.30. The Labute approximate surface area is 92.2 Å². The minimum Gasteiger partial charge on any atom is -0.447 e. The van der Waals surface area contributed by atoms with E-state index in [1.54, 1.807) is 13.8 Å². The topological polar surface area (TPSA) is 38.3 Å². The summed E-state index contributed by atoms with van der Waals surface area (Å²) in [6, 6.07) is 3.75. The first-order valence-corrected chi connectivity index (χ1v) is 4.79. The van der Waals surface area contributed by atoms with Crippen LogP contribution in [0.2, 0.25) is 5.02 Å². The number of carbonyl (C=O) groups is 1. The fourth-order valence-corrected chi connectivity index (χ4v) is 1.21. The van der Waals surface area contributed by atoms with Gasteiger partial charge in [-0.05, 0) is 32.0 Å². The summed E-state index contributed by atoms with van der Waals surface area (Å²) in [6.07, 6.45) is -0.860. The lowest BCUT2D eigenvalue weighted by Crippen LogP contribution is -2.18. The van der Waals surface area contributed by atoms with Crippen molar-refractivity contribution in [2.45, 2.75) is 20.0 Å². The highest BCUT2D eigenvalue weighted by atomic mass is 35.5. The molecule has 0 aromatic heterocycles. The van der Waals surface area contributed by atoms with Gasteiger partial charge >= 0.3 is 6.09 Å². The van der Waals surface area contributed by atoms with Crippen LogP contribution in [-0.4, -0.2) is 12.2 Å². The Bertz CT molecular complexity index is 348. The number of benzene rings is 1. The largest absolute Gasteiger partial charge is 0.447 e. The lowest BCUT2D eigenvalue weighted by atomic mass is 10.3. The van der Waals surface area contributed by atoms with Crippen molar-refractivity contribution >= 4 is 23.4 Å². The predicted octanol–water partition coefficient (Wildman–Crippen LogP) is 3.44. The molecule has 3 nitrogen and oxygen atoms in total. The van der Waals surface area contributed by atoms with Crippen molar-refractivity contribution < 1.29 is 13.9 Å². The molecule has 1 rings (SSSR count). The van der Waals surface area contributed by atoms with Crippen LogP contribution in [0.4, 0.5) is 14.9 Å². The fourth-order valence-electron chi connectivity index (χ4n) is 0.987. The molecule has 0 aliphatic heterocycles. The van der Waals surface area contributed by atoms with E-state index in [0.29, 0.717) is 0 Å². The van der Waals surface area contributed by atoms with E-state index in [1.807, 2.05) is 0 Å². The number of hydrogen-bond acceptors (Lipinski definition) is 2. The standard InChI is InChI=1S/C10H11ClFNO2/c1-6(2)15-10(14)13-9-4-7(11)3-8(12)5-9/h3-6H,1-2H3,(H,13,14). The fraction of sp³-hybridized carbons (Fsp3) is 0.300. The van der Waals surface area contributed by atoms with Crippen LogP contribution < -0.4 is 5.32 Å². The Morgan fingerprint density at radius 3 is 2.67 bits per heavy atom. The zero-order chi connectivity index (χ0) is 11.4. The van der Waals surface area contributed by atoms with Gasteiger partial charge in [-0.1, -0.05) is 11.6 Å². The normalized spacial score (nSPS) is 10.2. The van der Waals surface area contributed by atoms with Crippen LogP contribution in [0, 0.1) is 5.82 Å². The van der Waals surface area contributed by atoms with Gasteiger partial charge in [0.1, 0.15) is 5.82 Å². The number of anilines is 1. The minimum absolute atomic E-state index is 0.217. The highest BCUT2D eigenvalue weighted by Gasteiger charge is 2.06. The molecule has 0 atom stereocenters. The van der Waals surface area contributed by atoms with E-state index < -0.39 is 11.9 Å². The molecule has 1 amide bonds. The first kappa shape index (κ1) is 11.8. The lowest BCUT2D eigenvalue weighted by Gasteiger charge is -2.09. The van der Waals surface area contributed by atoms with Gasteiger partial charge in [0.15, 0.2) is 0 Å². The molecule has 15 heavy (non-hydrogen) atoms. The molecule has 0 radical (unpaired) electrons. The Morgan fingerprint density at radius 2 is 2.13 bits per heavy atom. The summed E-state index contributed by atoms with van der Waals surface area (Å²) < 4.78 is 17.7. The third-order valence-corrected chi connectivity index (χ3v) is 1.67. The van der Waals surface area contributed by atoms with Crippen LogP contribution in [0.25, 0.3) is 0 Å². The van der Waals surface area contributed by atoms with Crippen LogP contribution in [0.3, 0.4) is 0 Å². The molecule has 1 aromatic carbocycles. The number of rotatable bonds is 2. The summed E-state index contributed by atoms with van der Waals surface area (Å²) in [4.78, 5) is 11.1. The summed E-state index contributed by atoms with van der Waals surface area (Å²) in [5.74, 6) is -0.512. The van der Waals surface area contributed by atoms with Crippen molar-refractivity contribution in [3.8, 4) is 0 Å². The van der Waals surface area contributed by atoms with Crippen LogP contribution in [-0.2, 0) is 4.74 Å². The van der Waals surface area contributed by atoms with Gasteiger partial charge < -0.3 is 4.74 Å².